The van der Waals surface area contributed by atoms with E-state index in [2.05, 4.69) is 10.3 Å². The van der Waals surface area contributed by atoms with Gasteiger partial charge in [0, 0.05) is 27.1 Å². The minimum absolute atomic E-state index is 0.255. The Hall–Kier alpha value is -2.14. The van der Waals surface area contributed by atoms with Crippen molar-refractivity contribution in [3.05, 3.63) is 75.6 Å². The largest absolute Gasteiger partial charge is 0.298 e. The van der Waals surface area contributed by atoms with E-state index in [4.69, 9.17) is 23.2 Å². The summed E-state index contributed by atoms with van der Waals surface area (Å²) in [6.45, 7) is 0. The van der Waals surface area contributed by atoms with Gasteiger partial charge in [-0.3, -0.25) is 10.1 Å². The van der Waals surface area contributed by atoms with E-state index in [-0.39, 0.29) is 5.91 Å². The third-order valence-corrected chi connectivity index (χ3v) is 4.48. The van der Waals surface area contributed by atoms with Crippen molar-refractivity contribution < 1.29 is 4.79 Å². The molecule has 0 aliphatic heterocycles. The molecule has 0 radical (unpaired) electrons. The molecule has 24 heavy (non-hydrogen) atoms. The Bertz CT molecular complexity index is 905. The first-order valence-corrected chi connectivity index (χ1v) is 8.70. The minimum Gasteiger partial charge on any atom is -0.298 e. The number of thiazole rings is 1. The highest BCUT2D eigenvalue weighted by Gasteiger charge is 2.08. The van der Waals surface area contributed by atoms with Crippen LogP contribution in [-0.2, 0) is 4.79 Å². The van der Waals surface area contributed by atoms with Gasteiger partial charge in [-0.25, -0.2) is 4.98 Å². The average Bonchev–Trinajstić information content (AvgIpc) is 3.02. The van der Waals surface area contributed by atoms with Crippen LogP contribution in [0, 0.1) is 0 Å². The zero-order valence-corrected chi connectivity index (χ0v) is 14.7. The van der Waals surface area contributed by atoms with Crippen molar-refractivity contribution in [1.82, 2.24) is 4.98 Å². The summed E-state index contributed by atoms with van der Waals surface area (Å²) in [7, 11) is 0. The molecule has 0 saturated carbocycles. The Balaban J connectivity index is 1.68. The highest BCUT2D eigenvalue weighted by molar-refractivity contribution is 7.14. The highest BCUT2D eigenvalue weighted by atomic mass is 35.5. The summed E-state index contributed by atoms with van der Waals surface area (Å²) in [6, 6.07) is 14.7. The van der Waals surface area contributed by atoms with Gasteiger partial charge in [-0.15, -0.1) is 11.3 Å². The summed E-state index contributed by atoms with van der Waals surface area (Å²) in [4.78, 5) is 16.4. The van der Waals surface area contributed by atoms with Gasteiger partial charge in [0.25, 0.3) is 0 Å². The summed E-state index contributed by atoms with van der Waals surface area (Å²) < 4.78 is 0. The van der Waals surface area contributed by atoms with Crippen LogP contribution < -0.4 is 5.32 Å². The molecule has 0 unspecified atom stereocenters. The summed E-state index contributed by atoms with van der Waals surface area (Å²) in [5.41, 5.74) is 2.43. The van der Waals surface area contributed by atoms with Crippen LogP contribution in [-0.4, -0.2) is 10.9 Å². The van der Waals surface area contributed by atoms with Gasteiger partial charge in [-0.2, -0.15) is 0 Å². The molecule has 3 nitrogen and oxygen atoms in total. The molecule has 0 atom stereocenters. The van der Waals surface area contributed by atoms with Crippen molar-refractivity contribution in [2.45, 2.75) is 0 Å². The lowest BCUT2D eigenvalue weighted by Crippen LogP contribution is -2.07. The Kier molecular flexibility index (Phi) is 5.30. The predicted octanol–water partition coefficient (Wildman–Crippen LogP) is 5.77. The van der Waals surface area contributed by atoms with Crippen LogP contribution in [0.4, 0.5) is 5.13 Å². The molecule has 3 rings (SSSR count). The minimum atomic E-state index is -0.255. The Morgan fingerprint density at radius 2 is 1.96 bits per heavy atom. The van der Waals surface area contributed by atoms with Crippen LogP contribution >= 0.6 is 34.5 Å². The molecule has 0 saturated heterocycles. The van der Waals surface area contributed by atoms with Crippen LogP contribution in [0.5, 0.6) is 0 Å². The number of halogens is 2. The Morgan fingerprint density at radius 3 is 2.75 bits per heavy atom. The molecule has 3 aromatic rings. The van der Waals surface area contributed by atoms with Crippen molar-refractivity contribution in [3.63, 3.8) is 0 Å². The third-order valence-electron chi connectivity index (χ3n) is 3.16. The van der Waals surface area contributed by atoms with Crippen molar-refractivity contribution in [2.24, 2.45) is 0 Å². The van der Waals surface area contributed by atoms with Crippen LogP contribution in [0.3, 0.4) is 0 Å². The van der Waals surface area contributed by atoms with E-state index in [0.717, 1.165) is 16.8 Å². The topological polar surface area (TPSA) is 42.0 Å². The van der Waals surface area contributed by atoms with E-state index in [1.54, 1.807) is 18.2 Å². The fraction of sp³-hybridized carbons (Fsp3) is 0. The predicted molar refractivity (Wildman–Crippen MR) is 102 cm³/mol. The van der Waals surface area contributed by atoms with E-state index in [9.17, 15) is 4.79 Å². The number of nitrogens with one attached hydrogen (secondary N) is 1. The second-order valence-electron chi connectivity index (χ2n) is 4.90. The first-order valence-electron chi connectivity index (χ1n) is 7.07. The van der Waals surface area contributed by atoms with Gasteiger partial charge in [0.15, 0.2) is 5.13 Å². The van der Waals surface area contributed by atoms with Crippen molar-refractivity contribution in [3.8, 4) is 11.3 Å². The lowest BCUT2D eigenvalue weighted by atomic mass is 10.2. The van der Waals surface area contributed by atoms with E-state index in [0.29, 0.717) is 15.2 Å². The van der Waals surface area contributed by atoms with Crippen LogP contribution in [0.25, 0.3) is 17.3 Å². The van der Waals surface area contributed by atoms with E-state index >= 15 is 0 Å². The molecule has 0 fully saturated rings. The quantitative estimate of drug-likeness (QED) is 0.589. The number of benzene rings is 2. The molecule has 1 aromatic heterocycles. The third kappa shape index (κ3) is 4.23. The van der Waals surface area contributed by atoms with Gasteiger partial charge in [-0.1, -0.05) is 53.5 Å². The van der Waals surface area contributed by atoms with Crippen molar-refractivity contribution in [1.29, 1.82) is 0 Å². The summed E-state index contributed by atoms with van der Waals surface area (Å²) in [5, 5.41) is 6.37. The number of carbonyl (C=O) groups excluding carboxylic acids is 1. The maximum absolute atomic E-state index is 12.0. The molecule has 1 heterocycles. The van der Waals surface area contributed by atoms with Gasteiger partial charge in [-0.05, 0) is 29.8 Å². The average molecular weight is 375 g/mol. The number of amides is 1. The first kappa shape index (κ1) is 16.7. The molecular weight excluding hydrogens is 363 g/mol. The number of anilines is 1. The molecule has 0 aliphatic carbocycles. The molecule has 2 aromatic carbocycles. The van der Waals surface area contributed by atoms with Gasteiger partial charge in [0.2, 0.25) is 5.91 Å². The molecule has 1 N–H and O–H groups in total. The molecule has 0 bridgehead atoms. The Labute approximate surface area is 153 Å². The first-order chi connectivity index (χ1) is 11.6. The van der Waals surface area contributed by atoms with Crippen LogP contribution in [0.15, 0.2) is 60.0 Å². The second kappa shape index (κ2) is 7.62. The Morgan fingerprint density at radius 1 is 1.12 bits per heavy atom. The maximum Gasteiger partial charge on any atom is 0.250 e. The number of nitrogens with zero attached hydrogens (tertiary/aromatic N) is 1. The van der Waals surface area contributed by atoms with Gasteiger partial charge >= 0.3 is 0 Å². The number of carbonyl (C=O) groups is 1. The molecule has 6 heteroatoms. The normalized spacial score (nSPS) is 10.9. The van der Waals surface area contributed by atoms with Crippen LogP contribution in [0.2, 0.25) is 10.0 Å². The summed E-state index contributed by atoms with van der Waals surface area (Å²) >= 11 is 13.4. The smallest absolute Gasteiger partial charge is 0.250 e. The molecular formula is C18H12Cl2N2OS. The number of hydrogen-bond acceptors (Lipinski definition) is 3. The molecule has 0 spiro atoms. The zero-order valence-electron chi connectivity index (χ0n) is 12.4. The monoisotopic (exact) mass is 374 g/mol. The van der Waals surface area contributed by atoms with E-state index in [1.165, 1.54) is 17.4 Å². The lowest BCUT2D eigenvalue weighted by Gasteiger charge is -1.99. The van der Waals surface area contributed by atoms with Gasteiger partial charge in [0.05, 0.1) is 5.69 Å². The summed E-state index contributed by atoms with van der Waals surface area (Å²) in [5.74, 6) is -0.255. The van der Waals surface area contributed by atoms with Crippen molar-refractivity contribution in [2.75, 3.05) is 5.32 Å². The second-order valence-corrected chi connectivity index (χ2v) is 6.60. The van der Waals surface area contributed by atoms with E-state index in [1.807, 2.05) is 41.8 Å². The number of aromatic nitrogens is 1. The molecule has 120 valence electrons. The standard InChI is InChI=1S/C18H12Cl2N2OS/c19-13-5-3-4-12(10-13)8-9-17(23)22-18-21-16(11-24-18)14-6-1-2-7-15(14)20/h1-11H,(H,21,22,23)/b9-8+. The highest BCUT2D eigenvalue weighted by Crippen LogP contribution is 2.30. The van der Waals surface area contributed by atoms with Gasteiger partial charge in [0.1, 0.15) is 0 Å². The molecule has 1 amide bonds. The fourth-order valence-corrected chi connectivity index (χ4v) is 3.20. The maximum atomic E-state index is 12.0. The number of hydrogen-bond donors (Lipinski definition) is 1. The van der Waals surface area contributed by atoms with E-state index < -0.39 is 0 Å². The van der Waals surface area contributed by atoms with Crippen molar-refractivity contribution >= 4 is 51.7 Å². The van der Waals surface area contributed by atoms with Crippen LogP contribution in [0.1, 0.15) is 5.56 Å². The summed E-state index contributed by atoms with van der Waals surface area (Å²) in [6.07, 6.45) is 3.14. The lowest BCUT2D eigenvalue weighted by molar-refractivity contribution is -0.111. The zero-order chi connectivity index (χ0) is 16.9. The van der Waals surface area contributed by atoms with Gasteiger partial charge < -0.3 is 0 Å². The SMILES string of the molecule is O=C(/C=C/c1cccc(Cl)c1)Nc1nc(-c2ccccc2Cl)cs1. The fourth-order valence-electron chi connectivity index (χ4n) is 2.05. The molecule has 0 aliphatic rings. The number of rotatable bonds is 4.